The van der Waals surface area contributed by atoms with E-state index in [9.17, 15) is 9.59 Å². The highest BCUT2D eigenvalue weighted by Gasteiger charge is 2.21. The second-order valence-corrected chi connectivity index (χ2v) is 3.86. The molecule has 19 heavy (non-hydrogen) atoms. The number of carbonyl (C=O) groups excluding carboxylic acids is 1. The zero-order valence-electron chi connectivity index (χ0n) is 10.3. The van der Waals surface area contributed by atoms with Crippen molar-refractivity contribution in [1.82, 2.24) is 24.9 Å². The highest BCUT2D eigenvalue weighted by atomic mass is 16.4. The summed E-state index contributed by atoms with van der Waals surface area (Å²) in [6.07, 6.45) is 4.58. The Morgan fingerprint density at radius 2 is 2.21 bits per heavy atom. The van der Waals surface area contributed by atoms with Gasteiger partial charge in [0.15, 0.2) is 0 Å². The molecule has 0 spiro atoms. The molecule has 0 aromatic carbocycles. The number of nitrogens with zero attached hydrogens (tertiary/aromatic N) is 4. The maximum absolute atomic E-state index is 11.9. The van der Waals surface area contributed by atoms with Crippen LogP contribution in [0.25, 0.3) is 0 Å². The Hall–Kier alpha value is -2.64. The fourth-order valence-corrected chi connectivity index (χ4v) is 1.66. The van der Waals surface area contributed by atoms with Crippen molar-refractivity contribution in [2.24, 2.45) is 7.05 Å². The third kappa shape index (κ3) is 2.79. The van der Waals surface area contributed by atoms with Crippen molar-refractivity contribution >= 4 is 11.9 Å². The molecule has 0 radical (unpaired) electrons. The lowest BCUT2D eigenvalue weighted by Gasteiger charge is -2.06. The summed E-state index contributed by atoms with van der Waals surface area (Å²) in [6, 6.07) is 1.78. The first-order chi connectivity index (χ1) is 9.09. The van der Waals surface area contributed by atoms with Crippen molar-refractivity contribution in [2.75, 3.05) is 6.54 Å². The Balaban J connectivity index is 2.00. The largest absolute Gasteiger partial charge is 0.478 e. The molecule has 0 saturated heterocycles. The number of hydrogen-bond donors (Lipinski definition) is 2. The monoisotopic (exact) mass is 263 g/mol. The number of amides is 1. The molecule has 2 N–H and O–H groups in total. The van der Waals surface area contributed by atoms with Crippen molar-refractivity contribution in [2.45, 2.75) is 6.54 Å². The molecule has 0 saturated carbocycles. The van der Waals surface area contributed by atoms with Gasteiger partial charge in [-0.1, -0.05) is 0 Å². The third-order valence-electron chi connectivity index (χ3n) is 2.57. The van der Waals surface area contributed by atoms with E-state index >= 15 is 0 Å². The summed E-state index contributed by atoms with van der Waals surface area (Å²) in [5, 5.41) is 19.4. The molecule has 0 aliphatic carbocycles. The van der Waals surface area contributed by atoms with Crippen molar-refractivity contribution in [3.63, 3.8) is 0 Å². The maximum Gasteiger partial charge on any atom is 0.339 e. The van der Waals surface area contributed by atoms with Crippen LogP contribution in [0.5, 0.6) is 0 Å². The number of nitrogens with one attached hydrogen (secondary N) is 1. The summed E-state index contributed by atoms with van der Waals surface area (Å²) in [5.41, 5.74) is -0.0768. The molecule has 2 aromatic heterocycles. The smallest absolute Gasteiger partial charge is 0.339 e. The highest BCUT2D eigenvalue weighted by molar-refractivity contribution is 6.03. The van der Waals surface area contributed by atoms with Gasteiger partial charge in [0.05, 0.1) is 12.7 Å². The molecule has 0 aliphatic rings. The molecule has 0 fully saturated rings. The Kier molecular flexibility index (Phi) is 3.60. The summed E-state index contributed by atoms with van der Waals surface area (Å²) in [6.45, 7) is 0.865. The molecule has 0 atom stereocenters. The zero-order valence-corrected chi connectivity index (χ0v) is 10.3. The van der Waals surface area contributed by atoms with E-state index in [-0.39, 0.29) is 11.3 Å². The second kappa shape index (κ2) is 5.34. The van der Waals surface area contributed by atoms with Crippen LogP contribution >= 0.6 is 0 Å². The first-order valence-electron chi connectivity index (χ1n) is 5.60. The Labute approximate surface area is 108 Å². The first kappa shape index (κ1) is 12.8. The summed E-state index contributed by atoms with van der Waals surface area (Å²) in [7, 11) is 1.52. The zero-order chi connectivity index (χ0) is 13.8. The fraction of sp³-hybridized carbons (Fsp3) is 0.273. The van der Waals surface area contributed by atoms with Gasteiger partial charge in [0.25, 0.3) is 5.91 Å². The lowest BCUT2D eigenvalue weighted by atomic mass is 10.2. The van der Waals surface area contributed by atoms with Crippen molar-refractivity contribution in [3.8, 4) is 0 Å². The van der Waals surface area contributed by atoms with E-state index in [4.69, 9.17) is 5.11 Å². The minimum atomic E-state index is -1.18. The van der Waals surface area contributed by atoms with Crippen LogP contribution in [0.3, 0.4) is 0 Å². The minimum absolute atomic E-state index is 0.0352. The van der Waals surface area contributed by atoms with E-state index in [2.05, 4.69) is 15.5 Å². The van der Waals surface area contributed by atoms with Crippen LogP contribution < -0.4 is 5.32 Å². The molecule has 1 amide bonds. The molecule has 0 bridgehead atoms. The van der Waals surface area contributed by atoms with Gasteiger partial charge in [-0.2, -0.15) is 10.2 Å². The average molecular weight is 263 g/mol. The van der Waals surface area contributed by atoms with Crippen LogP contribution in [-0.4, -0.2) is 43.1 Å². The van der Waals surface area contributed by atoms with E-state index in [1.165, 1.54) is 11.7 Å². The minimum Gasteiger partial charge on any atom is -0.478 e. The molecule has 2 rings (SSSR count). The molecule has 100 valence electrons. The maximum atomic E-state index is 11.9. The fourth-order valence-electron chi connectivity index (χ4n) is 1.66. The number of aryl methyl sites for hydroxylation is 1. The van der Waals surface area contributed by atoms with Crippen LogP contribution in [0.1, 0.15) is 20.8 Å². The number of carboxylic acids is 1. The SMILES string of the molecule is Cn1ncc(C(=O)O)c1C(=O)NCCn1cccn1. The number of aromatic nitrogens is 4. The van der Waals surface area contributed by atoms with Crippen LogP contribution in [0.4, 0.5) is 0 Å². The molecule has 2 heterocycles. The van der Waals surface area contributed by atoms with Gasteiger partial charge in [0.2, 0.25) is 0 Å². The van der Waals surface area contributed by atoms with E-state index in [1.54, 1.807) is 23.1 Å². The molecule has 2 aromatic rings. The van der Waals surface area contributed by atoms with Gasteiger partial charge in [-0.3, -0.25) is 14.2 Å². The quantitative estimate of drug-likeness (QED) is 0.774. The normalized spacial score (nSPS) is 10.4. The summed E-state index contributed by atoms with van der Waals surface area (Å²) in [5.74, 6) is -1.64. The van der Waals surface area contributed by atoms with E-state index in [0.29, 0.717) is 13.1 Å². The summed E-state index contributed by atoms with van der Waals surface area (Å²) < 4.78 is 2.91. The van der Waals surface area contributed by atoms with E-state index < -0.39 is 11.9 Å². The van der Waals surface area contributed by atoms with Crippen LogP contribution in [0.15, 0.2) is 24.7 Å². The van der Waals surface area contributed by atoms with Gasteiger partial charge in [0.1, 0.15) is 11.3 Å². The van der Waals surface area contributed by atoms with Gasteiger partial charge in [-0.05, 0) is 6.07 Å². The van der Waals surface area contributed by atoms with E-state index in [1.807, 2.05) is 0 Å². The molecular weight excluding hydrogens is 250 g/mol. The lowest BCUT2D eigenvalue weighted by Crippen LogP contribution is -2.30. The molecule has 8 heteroatoms. The third-order valence-corrected chi connectivity index (χ3v) is 2.57. The Morgan fingerprint density at radius 1 is 1.42 bits per heavy atom. The van der Waals surface area contributed by atoms with Crippen molar-refractivity contribution in [3.05, 3.63) is 35.9 Å². The lowest BCUT2D eigenvalue weighted by molar-refractivity contribution is 0.0690. The summed E-state index contributed by atoms with van der Waals surface area (Å²) >= 11 is 0. The van der Waals surface area contributed by atoms with Crippen molar-refractivity contribution in [1.29, 1.82) is 0 Å². The Bertz CT molecular complexity index is 588. The molecule has 0 unspecified atom stereocenters. The number of carbonyl (C=O) groups is 2. The van der Waals surface area contributed by atoms with Crippen LogP contribution in [-0.2, 0) is 13.6 Å². The van der Waals surface area contributed by atoms with Gasteiger partial charge in [0, 0.05) is 26.0 Å². The second-order valence-electron chi connectivity index (χ2n) is 3.86. The highest BCUT2D eigenvalue weighted by Crippen LogP contribution is 2.07. The number of rotatable bonds is 5. The molecule has 8 nitrogen and oxygen atoms in total. The number of aromatic carboxylic acids is 1. The Morgan fingerprint density at radius 3 is 2.84 bits per heavy atom. The van der Waals surface area contributed by atoms with Gasteiger partial charge in [-0.15, -0.1) is 0 Å². The van der Waals surface area contributed by atoms with Crippen molar-refractivity contribution < 1.29 is 14.7 Å². The van der Waals surface area contributed by atoms with Crippen LogP contribution in [0, 0.1) is 0 Å². The molecular formula is C11H13N5O3. The first-order valence-corrected chi connectivity index (χ1v) is 5.60. The standard InChI is InChI=1S/C11H13N5O3/c1-15-9(8(7-14-15)11(18)19)10(17)12-4-6-16-5-2-3-13-16/h2-3,5,7H,4,6H2,1H3,(H,12,17)(H,18,19). The van der Waals surface area contributed by atoms with Gasteiger partial charge < -0.3 is 10.4 Å². The van der Waals surface area contributed by atoms with Gasteiger partial charge in [-0.25, -0.2) is 4.79 Å². The predicted octanol–water partition coefficient (Wildman–Crippen LogP) is -0.255. The summed E-state index contributed by atoms with van der Waals surface area (Å²) in [4.78, 5) is 22.9. The average Bonchev–Trinajstić information content (AvgIpc) is 2.98. The van der Waals surface area contributed by atoms with Crippen LogP contribution in [0.2, 0.25) is 0 Å². The topological polar surface area (TPSA) is 102 Å². The number of hydrogen-bond acceptors (Lipinski definition) is 4. The van der Waals surface area contributed by atoms with E-state index in [0.717, 1.165) is 6.20 Å². The molecule has 0 aliphatic heterocycles. The predicted molar refractivity (Wildman–Crippen MR) is 64.7 cm³/mol. The van der Waals surface area contributed by atoms with Gasteiger partial charge >= 0.3 is 5.97 Å². The number of carboxylic acid groups (broad SMARTS) is 1.